The van der Waals surface area contributed by atoms with Crippen LogP contribution in [0.5, 0.6) is 0 Å². The second-order valence-corrected chi connectivity index (χ2v) is 8.55. The van der Waals surface area contributed by atoms with E-state index in [2.05, 4.69) is 10.3 Å². The highest BCUT2D eigenvalue weighted by molar-refractivity contribution is 6.10. The Kier molecular flexibility index (Phi) is 6.32. The number of ether oxygens (including phenoxy) is 1. The molecule has 1 saturated carbocycles. The molecule has 2 aliphatic rings. The molecule has 1 saturated heterocycles. The first-order valence-corrected chi connectivity index (χ1v) is 10.9. The molecule has 176 valence electrons. The third-order valence-corrected chi connectivity index (χ3v) is 6.17. The highest BCUT2D eigenvalue weighted by Crippen LogP contribution is 2.33. The van der Waals surface area contributed by atoms with Crippen molar-refractivity contribution >= 4 is 40.4 Å². The average molecular weight is 457 g/mol. The standard InChI is InChI=1S/C22H27N5O6/c1-26(2)22(31)19-18(17-15(33-19)8-7-14(24-17)20(23)29)25-21(30)12-3-5-13(6-4-12)27-9-10-32-11-16(27)28/h7-8,12-13H,3-6,9-11H2,1-2H3,(H2,23,29)(H,25,30)/t12-,13-. The summed E-state index contributed by atoms with van der Waals surface area (Å²) in [6, 6.07) is 3.00. The third kappa shape index (κ3) is 4.54. The number of nitrogens with two attached hydrogens (primary N) is 1. The highest BCUT2D eigenvalue weighted by atomic mass is 16.5. The summed E-state index contributed by atoms with van der Waals surface area (Å²) in [5.41, 5.74) is 5.92. The van der Waals surface area contributed by atoms with Gasteiger partial charge in [-0.2, -0.15) is 0 Å². The van der Waals surface area contributed by atoms with Crippen LogP contribution in [-0.4, -0.2) is 78.3 Å². The van der Waals surface area contributed by atoms with E-state index in [-0.39, 0.29) is 58.6 Å². The minimum absolute atomic E-state index is 0.00154. The fourth-order valence-corrected chi connectivity index (χ4v) is 4.37. The number of carbonyl (C=O) groups excluding carboxylic acids is 4. The number of morpholine rings is 1. The van der Waals surface area contributed by atoms with Crippen LogP contribution in [0.15, 0.2) is 16.5 Å². The van der Waals surface area contributed by atoms with Gasteiger partial charge in [-0.1, -0.05) is 0 Å². The van der Waals surface area contributed by atoms with Gasteiger partial charge in [0.1, 0.15) is 23.5 Å². The molecular formula is C22H27N5O6. The summed E-state index contributed by atoms with van der Waals surface area (Å²) in [5, 5.41) is 2.81. The number of furan rings is 1. The van der Waals surface area contributed by atoms with Crippen LogP contribution in [0.3, 0.4) is 0 Å². The van der Waals surface area contributed by atoms with Crippen LogP contribution in [0, 0.1) is 5.92 Å². The number of amides is 4. The van der Waals surface area contributed by atoms with Gasteiger partial charge in [-0.3, -0.25) is 19.2 Å². The van der Waals surface area contributed by atoms with Crippen molar-refractivity contribution in [3.05, 3.63) is 23.6 Å². The van der Waals surface area contributed by atoms with Crippen LogP contribution in [0.25, 0.3) is 11.1 Å². The molecule has 0 bridgehead atoms. The number of hydrogen-bond acceptors (Lipinski definition) is 7. The number of carbonyl (C=O) groups is 4. The van der Waals surface area contributed by atoms with E-state index < -0.39 is 11.8 Å². The molecule has 2 aromatic heterocycles. The first-order valence-electron chi connectivity index (χ1n) is 10.9. The largest absolute Gasteiger partial charge is 0.447 e. The summed E-state index contributed by atoms with van der Waals surface area (Å²) in [5.74, 6) is -1.80. The molecule has 4 rings (SSSR count). The molecule has 0 atom stereocenters. The van der Waals surface area contributed by atoms with E-state index in [4.69, 9.17) is 14.9 Å². The first-order chi connectivity index (χ1) is 15.8. The van der Waals surface area contributed by atoms with Gasteiger partial charge in [0.15, 0.2) is 5.58 Å². The van der Waals surface area contributed by atoms with Gasteiger partial charge in [0, 0.05) is 32.6 Å². The van der Waals surface area contributed by atoms with Gasteiger partial charge in [-0.25, -0.2) is 4.98 Å². The lowest BCUT2D eigenvalue weighted by Crippen LogP contribution is -2.49. The lowest BCUT2D eigenvalue weighted by molar-refractivity contribution is -0.146. The van der Waals surface area contributed by atoms with Gasteiger partial charge in [-0.05, 0) is 37.8 Å². The molecule has 0 unspecified atom stereocenters. The molecule has 0 spiro atoms. The number of primary amides is 1. The Morgan fingerprint density at radius 1 is 1.18 bits per heavy atom. The fraction of sp³-hybridized carbons (Fsp3) is 0.500. The number of nitrogens with zero attached hydrogens (tertiary/aromatic N) is 3. The molecule has 2 fully saturated rings. The van der Waals surface area contributed by atoms with E-state index in [1.165, 1.54) is 17.0 Å². The maximum atomic E-state index is 13.1. The van der Waals surface area contributed by atoms with Gasteiger partial charge in [0.25, 0.3) is 11.8 Å². The van der Waals surface area contributed by atoms with Gasteiger partial charge in [0.2, 0.25) is 17.6 Å². The summed E-state index contributed by atoms with van der Waals surface area (Å²) in [4.78, 5) is 56.9. The summed E-state index contributed by atoms with van der Waals surface area (Å²) >= 11 is 0. The molecule has 3 heterocycles. The van der Waals surface area contributed by atoms with Crippen molar-refractivity contribution in [2.75, 3.05) is 39.2 Å². The van der Waals surface area contributed by atoms with Crippen molar-refractivity contribution in [1.82, 2.24) is 14.8 Å². The number of pyridine rings is 1. The zero-order valence-electron chi connectivity index (χ0n) is 18.6. The molecule has 0 aromatic carbocycles. The number of hydrogen-bond donors (Lipinski definition) is 2. The van der Waals surface area contributed by atoms with Crippen molar-refractivity contribution < 1.29 is 28.3 Å². The molecule has 3 N–H and O–H groups in total. The fourth-order valence-electron chi connectivity index (χ4n) is 4.37. The molecular weight excluding hydrogens is 430 g/mol. The zero-order valence-corrected chi connectivity index (χ0v) is 18.6. The van der Waals surface area contributed by atoms with Crippen molar-refractivity contribution in [3.8, 4) is 0 Å². The maximum Gasteiger partial charge on any atom is 0.291 e. The van der Waals surface area contributed by atoms with E-state index in [0.29, 0.717) is 38.8 Å². The maximum absolute atomic E-state index is 13.1. The van der Waals surface area contributed by atoms with Crippen LogP contribution < -0.4 is 11.1 Å². The van der Waals surface area contributed by atoms with Gasteiger partial charge in [0.05, 0.1) is 6.61 Å². The topological polar surface area (TPSA) is 148 Å². The van der Waals surface area contributed by atoms with Crippen molar-refractivity contribution in [2.24, 2.45) is 11.7 Å². The van der Waals surface area contributed by atoms with E-state index in [1.807, 2.05) is 4.90 Å². The lowest BCUT2D eigenvalue weighted by atomic mass is 9.84. The summed E-state index contributed by atoms with van der Waals surface area (Å²) < 4.78 is 10.9. The zero-order chi connectivity index (χ0) is 23.7. The number of rotatable bonds is 5. The Balaban J connectivity index is 1.54. The minimum Gasteiger partial charge on any atom is -0.447 e. The second kappa shape index (κ2) is 9.18. The summed E-state index contributed by atoms with van der Waals surface area (Å²) in [7, 11) is 3.13. The smallest absolute Gasteiger partial charge is 0.291 e. The van der Waals surface area contributed by atoms with E-state index in [1.54, 1.807) is 14.1 Å². The molecule has 1 aliphatic carbocycles. The normalized spacial score (nSPS) is 21.2. The summed E-state index contributed by atoms with van der Waals surface area (Å²) in [6.07, 6.45) is 2.63. The molecule has 0 radical (unpaired) electrons. The van der Waals surface area contributed by atoms with E-state index in [9.17, 15) is 19.2 Å². The quantitative estimate of drug-likeness (QED) is 0.680. The van der Waals surface area contributed by atoms with Crippen LogP contribution in [0.4, 0.5) is 5.69 Å². The third-order valence-electron chi connectivity index (χ3n) is 6.17. The van der Waals surface area contributed by atoms with Gasteiger partial charge in [-0.15, -0.1) is 0 Å². The number of fused-ring (bicyclic) bond motifs is 1. The SMILES string of the molecule is CN(C)C(=O)c1oc2ccc(C(N)=O)nc2c1NC(=O)[C@H]1CC[C@H](N2CCOCC2=O)CC1. The first kappa shape index (κ1) is 22.7. The predicted octanol–water partition coefficient (Wildman–Crippen LogP) is 0.985. The average Bonchev–Trinajstić information content (AvgIpc) is 3.16. The van der Waals surface area contributed by atoms with E-state index >= 15 is 0 Å². The van der Waals surface area contributed by atoms with Crippen molar-refractivity contribution in [3.63, 3.8) is 0 Å². The molecule has 2 aromatic rings. The lowest BCUT2D eigenvalue weighted by Gasteiger charge is -2.38. The van der Waals surface area contributed by atoms with Crippen LogP contribution in [0.1, 0.15) is 46.7 Å². The Hall–Kier alpha value is -3.47. The highest BCUT2D eigenvalue weighted by Gasteiger charge is 2.34. The van der Waals surface area contributed by atoms with Gasteiger partial charge < -0.3 is 30.0 Å². The number of nitrogens with one attached hydrogen (secondary N) is 1. The predicted molar refractivity (Wildman–Crippen MR) is 117 cm³/mol. The Bertz CT molecular complexity index is 1100. The van der Waals surface area contributed by atoms with E-state index in [0.717, 1.165) is 0 Å². The van der Waals surface area contributed by atoms with Crippen LogP contribution in [-0.2, 0) is 14.3 Å². The Morgan fingerprint density at radius 2 is 1.91 bits per heavy atom. The molecule has 4 amide bonds. The van der Waals surface area contributed by atoms with Crippen LogP contribution >= 0.6 is 0 Å². The Morgan fingerprint density at radius 3 is 2.55 bits per heavy atom. The van der Waals surface area contributed by atoms with Crippen molar-refractivity contribution in [1.29, 1.82) is 0 Å². The molecule has 11 heteroatoms. The number of aromatic nitrogens is 1. The molecule has 11 nitrogen and oxygen atoms in total. The number of anilines is 1. The second-order valence-electron chi connectivity index (χ2n) is 8.55. The summed E-state index contributed by atoms with van der Waals surface area (Å²) in [6.45, 7) is 1.21. The van der Waals surface area contributed by atoms with Crippen LogP contribution in [0.2, 0.25) is 0 Å². The monoisotopic (exact) mass is 457 g/mol. The van der Waals surface area contributed by atoms with Crippen molar-refractivity contribution in [2.45, 2.75) is 31.7 Å². The Labute approximate surface area is 190 Å². The van der Waals surface area contributed by atoms with Gasteiger partial charge >= 0.3 is 0 Å². The molecule has 33 heavy (non-hydrogen) atoms. The minimum atomic E-state index is -0.730. The molecule has 1 aliphatic heterocycles.